The highest BCUT2D eigenvalue weighted by Crippen LogP contribution is 2.14. The molecule has 270 valence electrons. The molecule has 0 fully saturated rings. The molecule has 46 heavy (non-hydrogen) atoms. The zero-order valence-electron chi connectivity index (χ0n) is 31.3. The maximum atomic E-state index is 12.3. The van der Waals surface area contributed by atoms with E-state index in [4.69, 9.17) is 0 Å². The van der Waals surface area contributed by atoms with Gasteiger partial charge in [0.1, 0.15) is 0 Å². The maximum absolute atomic E-state index is 12.3. The quantitative estimate of drug-likeness (QED) is 0.0526. The Balaban J connectivity index is 3.41. The van der Waals surface area contributed by atoms with Gasteiger partial charge in [0, 0.05) is 25.4 Å². The lowest BCUT2D eigenvalue weighted by Gasteiger charge is -2.14. The minimum absolute atomic E-state index is 0.190. The summed E-state index contributed by atoms with van der Waals surface area (Å²) in [5, 5.41) is 6.25. The van der Waals surface area contributed by atoms with Crippen LogP contribution in [0, 0.1) is 0 Å². The number of carbonyl (C=O) groups excluding carboxylic acids is 2. The van der Waals surface area contributed by atoms with Crippen LogP contribution in [-0.4, -0.2) is 24.4 Å². The number of nitrogens with one attached hydrogen (secondary N) is 2. The summed E-state index contributed by atoms with van der Waals surface area (Å²) in [7, 11) is 0. The van der Waals surface area contributed by atoms with E-state index in [0.717, 1.165) is 51.5 Å². The highest BCUT2D eigenvalue weighted by molar-refractivity contribution is 5.76. The van der Waals surface area contributed by atoms with Crippen molar-refractivity contribution in [2.45, 2.75) is 226 Å². The predicted octanol–water partition coefficient (Wildman–Crippen LogP) is 12.9. The van der Waals surface area contributed by atoms with Crippen LogP contribution in [0.3, 0.4) is 0 Å². The Labute approximate surface area is 288 Å². The summed E-state index contributed by atoms with van der Waals surface area (Å²) in [5.41, 5.74) is 0. The summed E-state index contributed by atoms with van der Waals surface area (Å²) in [6.07, 6.45) is 47.0. The molecule has 0 aliphatic carbocycles. The Morgan fingerprint density at radius 3 is 1.41 bits per heavy atom. The molecule has 0 saturated heterocycles. The molecule has 2 N–H and O–H groups in total. The zero-order valence-corrected chi connectivity index (χ0v) is 31.3. The molecule has 1 atom stereocenters. The molecule has 0 aromatic heterocycles. The molecule has 0 bridgehead atoms. The van der Waals surface area contributed by atoms with Gasteiger partial charge in [-0.1, -0.05) is 160 Å². The molecule has 0 aromatic rings. The number of hydrogen-bond acceptors (Lipinski definition) is 2. The van der Waals surface area contributed by atoms with Crippen molar-refractivity contribution in [3.05, 3.63) is 24.3 Å². The third-order valence-corrected chi connectivity index (χ3v) is 9.16. The second-order valence-electron chi connectivity index (χ2n) is 14.0. The highest BCUT2D eigenvalue weighted by atomic mass is 16.2. The molecule has 0 aliphatic heterocycles. The minimum Gasteiger partial charge on any atom is -0.356 e. The van der Waals surface area contributed by atoms with E-state index >= 15 is 0 Å². The first kappa shape index (κ1) is 44.4. The van der Waals surface area contributed by atoms with Crippen LogP contribution in [0.4, 0.5) is 0 Å². The van der Waals surface area contributed by atoms with Crippen molar-refractivity contribution < 1.29 is 9.59 Å². The van der Waals surface area contributed by atoms with Gasteiger partial charge in [-0.2, -0.15) is 0 Å². The molecular weight excluding hydrogens is 564 g/mol. The summed E-state index contributed by atoms with van der Waals surface area (Å²) in [5.74, 6) is 0.392. The fourth-order valence-electron chi connectivity index (χ4n) is 6.06. The average molecular weight is 645 g/mol. The lowest BCUT2D eigenvalue weighted by Crippen LogP contribution is -2.32. The first-order chi connectivity index (χ1) is 22.6. The Bertz CT molecular complexity index is 702. The molecule has 0 rings (SSSR count). The molecule has 0 heterocycles. The summed E-state index contributed by atoms with van der Waals surface area (Å²) in [4.78, 5) is 24.4. The Morgan fingerprint density at radius 1 is 0.478 bits per heavy atom. The highest BCUT2D eigenvalue weighted by Gasteiger charge is 2.07. The zero-order chi connectivity index (χ0) is 33.6. The van der Waals surface area contributed by atoms with Crippen LogP contribution in [0.5, 0.6) is 0 Å². The molecule has 0 aliphatic rings. The summed E-state index contributed by atoms with van der Waals surface area (Å²) in [6, 6.07) is 0.215. The second kappa shape index (κ2) is 37.9. The average Bonchev–Trinajstić information content (AvgIpc) is 3.04. The third kappa shape index (κ3) is 36.9. The van der Waals surface area contributed by atoms with Crippen molar-refractivity contribution in [2.75, 3.05) is 6.54 Å². The summed E-state index contributed by atoms with van der Waals surface area (Å²) < 4.78 is 0. The Morgan fingerprint density at radius 2 is 0.891 bits per heavy atom. The predicted molar refractivity (Wildman–Crippen MR) is 203 cm³/mol. The fraction of sp³-hybridized carbons (Fsp3) is 0.857. The lowest BCUT2D eigenvalue weighted by molar-refractivity contribution is -0.122. The Kier molecular flexibility index (Phi) is 36.6. The topological polar surface area (TPSA) is 58.2 Å². The van der Waals surface area contributed by atoms with E-state index in [1.165, 1.54) is 141 Å². The first-order valence-electron chi connectivity index (χ1n) is 20.5. The van der Waals surface area contributed by atoms with Crippen molar-refractivity contribution >= 4 is 11.8 Å². The molecule has 2 amide bonds. The van der Waals surface area contributed by atoms with Gasteiger partial charge in [-0.15, -0.1) is 0 Å². The smallest absolute Gasteiger partial charge is 0.220 e. The largest absolute Gasteiger partial charge is 0.356 e. The fourth-order valence-corrected chi connectivity index (χ4v) is 6.06. The van der Waals surface area contributed by atoms with Crippen molar-refractivity contribution in [3.63, 3.8) is 0 Å². The van der Waals surface area contributed by atoms with E-state index < -0.39 is 0 Å². The van der Waals surface area contributed by atoms with Gasteiger partial charge < -0.3 is 10.6 Å². The number of hydrogen-bond donors (Lipinski definition) is 2. The number of unbranched alkanes of at least 4 members (excludes halogenated alkanes) is 23. The number of carbonyl (C=O) groups is 2. The van der Waals surface area contributed by atoms with Crippen LogP contribution in [-0.2, 0) is 9.59 Å². The van der Waals surface area contributed by atoms with Crippen molar-refractivity contribution in [1.82, 2.24) is 10.6 Å². The minimum atomic E-state index is 0.190. The molecular formula is C42H80N2O2. The van der Waals surface area contributed by atoms with E-state index in [2.05, 4.69) is 55.7 Å². The van der Waals surface area contributed by atoms with E-state index in [9.17, 15) is 9.59 Å². The van der Waals surface area contributed by atoms with Gasteiger partial charge in [0.15, 0.2) is 0 Å². The molecule has 0 unspecified atom stereocenters. The molecule has 4 heteroatoms. The lowest BCUT2D eigenvalue weighted by atomic mass is 10.0. The van der Waals surface area contributed by atoms with Gasteiger partial charge in [0.25, 0.3) is 0 Å². The van der Waals surface area contributed by atoms with E-state index in [0.29, 0.717) is 12.8 Å². The normalized spacial score (nSPS) is 12.3. The van der Waals surface area contributed by atoms with Crippen LogP contribution in [0.1, 0.15) is 220 Å². The standard InChI is InChI=1S/C42H80N2O2/c1-4-6-8-10-12-14-16-18-20-22-24-26-28-30-32-37-41(45)43-39-35-34-36-40(3)44-42(46)38-33-31-29-27-25-23-21-19-17-15-13-11-9-7-5-2/h12,14,18,20,40H,4-11,13,15-17,19,21-39H2,1-3H3,(H,43,45)(H,44,46)/b14-12-,20-18-/t40-/m1/s1. The van der Waals surface area contributed by atoms with Gasteiger partial charge in [-0.25, -0.2) is 0 Å². The van der Waals surface area contributed by atoms with Crippen molar-refractivity contribution in [3.8, 4) is 0 Å². The van der Waals surface area contributed by atoms with Crippen LogP contribution in [0.25, 0.3) is 0 Å². The van der Waals surface area contributed by atoms with Crippen molar-refractivity contribution in [1.29, 1.82) is 0 Å². The molecule has 0 spiro atoms. The second-order valence-corrected chi connectivity index (χ2v) is 14.0. The maximum Gasteiger partial charge on any atom is 0.220 e. The van der Waals surface area contributed by atoms with Gasteiger partial charge in [-0.3, -0.25) is 9.59 Å². The third-order valence-electron chi connectivity index (χ3n) is 9.16. The Hall–Kier alpha value is -1.58. The van der Waals surface area contributed by atoms with Gasteiger partial charge in [0.2, 0.25) is 11.8 Å². The summed E-state index contributed by atoms with van der Waals surface area (Å²) >= 11 is 0. The molecule has 0 radical (unpaired) electrons. The summed E-state index contributed by atoms with van der Waals surface area (Å²) in [6.45, 7) is 7.39. The first-order valence-corrected chi connectivity index (χ1v) is 20.5. The van der Waals surface area contributed by atoms with E-state index in [1.807, 2.05) is 0 Å². The molecule has 0 saturated carbocycles. The van der Waals surface area contributed by atoms with Crippen LogP contribution in [0.15, 0.2) is 24.3 Å². The van der Waals surface area contributed by atoms with Gasteiger partial charge in [-0.05, 0) is 71.1 Å². The van der Waals surface area contributed by atoms with Crippen LogP contribution < -0.4 is 10.6 Å². The van der Waals surface area contributed by atoms with Crippen LogP contribution in [0.2, 0.25) is 0 Å². The number of amides is 2. The van der Waals surface area contributed by atoms with Crippen LogP contribution >= 0.6 is 0 Å². The van der Waals surface area contributed by atoms with E-state index in [-0.39, 0.29) is 17.9 Å². The van der Waals surface area contributed by atoms with E-state index in [1.54, 1.807) is 0 Å². The number of allylic oxidation sites excluding steroid dienone is 4. The van der Waals surface area contributed by atoms with Gasteiger partial charge in [0.05, 0.1) is 0 Å². The van der Waals surface area contributed by atoms with Gasteiger partial charge >= 0.3 is 0 Å². The molecule has 0 aromatic carbocycles. The van der Waals surface area contributed by atoms with Crippen molar-refractivity contribution in [2.24, 2.45) is 0 Å². The molecule has 4 nitrogen and oxygen atoms in total. The number of rotatable bonds is 36. The monoisotopic (exact) mass is 645 g/mol. The SMILES string of the molecule is CCCCC/C=C\C/C=C\CCCCCCCC(=O)NCCCC[C@@H](C)NC(=O)CCCCCCCCCCCCCCCCC.